The molecular formula is C13H8BrF3N2O. The fraction of sp³-hybridized carbons (Fsp3) is 0. The third-order valence-electron chi connectivity index (χ3n) is 2.44. The molecule has 0 aliphatic carbocycles. The molecule has 7 heteroatoms. The van der Waals surface area contributed by atoms with Crippen LogP contribution in [0, 0.1) is 17.5 Å². The Balaban J connectivity index is 2.30. The van der Waals surface area contributed by atoms with Crippen molar-refractivity contribution in [2.45, 2.75) is 0 Å². The molecule has 0 bridgehead atoms. The van der Waals surface area contributed by atoms with Crippen LogP contribution >= 0.6 is 15.9 Å². The number of rotatable bonds is 2. The number of carbonyl (C=O) groups excluding carboxylic acids is 1. The summed E-state index contributed by atoms with van der Waals surface area (Å²) in [6.45, 7) is 0. The first-order valence-electron chi connectivity index (χ1n) is 5.39. The van der Waals surface area contributed by atoms with E-state index in [-0.39, 0.29) is 21.4 Å². The van der Waals surface area contributed by atoms with Gasteiger partial charge in [0.15, 0.2) is 0 Å². The highest BCUT2D eigenvalue weighted by molar-refractivity contribution is 9.10. The summed E-state index contributed by atoms with van der Waals surface area (Å²) in [5, 5.41) is 2.15. The third-order valence-corrected chi connectivity index (χ3v) is 3.05. The maximum Gasteiger partial charge on any atom is 0.255 e. The minimum atomic E-state index is -0.823. The van der Waals surface area contributed by atoms with Gasteiger partial charge in [0.25, 0.3) is 5.91 Å². The Kier molecular flexibility index (Phi) is 3.99. The fourth-order valence-corrected chi connectivity index (χ4v) is 1.87. The largest absolute Gasteiger partial charge is 0.399 e. The third kappa shape index (κ3) is 3.11. The molecule has 0 fully saturated rings. The summed E-state index contributed by atoms with van der Waals surface area (Å²) in [4.78, 5) is 11.8. The molecule has 0 aliphatic heterocycles. The molecule has 2 aromatic carbocycles. The number of anilines is 2. The highest BCUT2D eigenvalue weighted by Gasteiger charge is 2.13. The zero-order valence-electron chi connectivity index (χ0n) is 9.88. The van der Waals surface area contributed by atoms with Gasteiger partial charge in [-0.05, 0) is 40.2 Å². The first-order chi connectivity index (χ1) is 9.36. The van der Waals surface area contributed by atoms with Crippen LogP contribution in [0.2, 0.25) is 0 Å². The lowest BCUT2D eigenvalue weighted by atomic mass is 10.1. The smallest absolute Gasteiger partial charge is 0.255 e. The Morgan fingerprint density at radius 3 is 2.40 bits per heavy atom. The van der Waals surface area contributed by atoms with Crippen LogP contribution in [0.5, 0.6) is 0 Å². The van der Waals surface area contributed by atoms with Crippen molar-refractivity contribution in [1.82, 2.24) is 0 Å². The quantitative estimate of drug-likeness (QED) is 0.644. The van der Waals surface area contributed by atoms with Gasteiger partial charge in [-0.3, -0.25) is 4.79 Å². The highest BCUT2D eigenvalue weighted by atomic mass is 79.9. The molecule has 0 saturated carbocycles. The molecule has 0 unspecified atom stereocenters. The zero-order valence-corrected chi connectivity index (χ0v) is 11.5. The molecule has 3 nitrogen and oxygen atoms in total. The molecule has 0 heterocycles. The number of nitrogens with one attached hydrogen (secondary N) is 1. The Morgan fingerprint density at radius 1 is 1.05 bits per heavy atom. The van der Waals surface area contributed by atoms with Gasteiger partial charge in [0, 0.05) is 17.3 Å². The Morgan fingerprint density at radius 2 is 1.75 bits per heavy atom. The van der Waals surface area contributed by atoms with E-state index in [1.165, 1.54) is 6.07 Å². The molecule has 2 rings (SSSR count). The van der Waals surface area contributed by atoms with Gasteiger partial charge < -0.3 is 11.1 Å². The average molecular weight is 345 g/mol. The van der Waals surface area contributed by atoms with Crippen molar-refractivity contribution in [2.24, 2.45) is 0 Å². The average Bonchev–Trinajstić information content (AvgIpc) is 2.34. The van der Waals surface area contributed by atoms with E-state index in [9.17, 15) is 18.0 Å². The maximum absolute atomic E-state index is 13.6. The molecule has 0 spiro atoms. The van der Waals surface area contributed by atoms with E-state index in [1.54, 1.807) is 0 Å². The Bertz CT molecular complexity index is 671. The van der Waals surface area contributed by atoms with Crippen molar-refractivity contribution in [2.75, 3.05) is 11.1 Å². The highest BCUT2D eigenvalue weighted by Crippen LogP contribution is 2.24. The second-order valence-electron chi connectivity index (χ2n) is 3.97. The van der Waals surface area contributed by atoms with E-state index in [4.69, 9.17) is 5.73 Å². The van der Waals surface area contributed by atoms with Crippen LogP contribution in [0.1, 0.15) is 10.4 Å². The first-order valence-corrected chi connectivity index (χ1v) is 6.18. The number of halogens is 4. The van der Waals surface area contributed by atoms with Gasteiger partial charge in [0.05, 0.1) is 10.2 Å². The number of hydrogen-bond acceptors (Lipinski definition) is 2. The lowest BCUT2D eigenvalue weighted by Gasteiger charge is -2.08. The Labute approximate surface area is 120 Å². The molecule has 0 saturated heterocycles. The summed E-state index contributed by atoms with van der Waals surface area (Å²) in [7, 11) is 0. The van der Waals surface area contributed by atoms with Crippen molar-refractivity contribution in [3.8, 4) is 0 Å². The van der Waals surface area contributed by atoms with E-state index < -0.39 is 23.4 Å². The SMILES string of the molecule is Nc1cc(F)cc(C(=O)Nc2cc(F)c(Br)cc2F)c1. The molecule has 3 N–H and O–H groups in total. The van der Waals surface area contributed by atoms with Crippen LogP contribution in [0.4, 0.5) is 24.5 Å². The number of nitrogen functional groups attached to an aromatic ring is 1. The van der Waals surface area contributed by atoms with Crippen molar-refractivity contribution >= 4 is 33.2 Å². The predicted molar refractivity (Wildman–Crippen MR) is 72.8 cm³/mol. The molecule has 104 valence electrons. The number of amides is 1. The first kappa shape index (κ1) is 14.4. The van der Waals surface area contributed by atoms with Crippen LogP contribution < -0.4 is 11.1 Å². The molecular weight excluding hydrogens is 337 g/mol. The van der Waals surface area contributed by atoms with Gasteiger partial charge in [-0.2, -0.15) is 0 Å². The predicted octanol–water partition coefficient (Wildman–Crippen LogP) is 3.70. The van der Waals surface area contributed by atoms with Crippen LogP contribution in [0.3, 0.4) is 0 Å². The van der Waals surface area contributed by atoms with Crippen LogP contribution in [0.25, 0.3) is 0 Å². The summed E-state index contributed by atoms with van der Waals surface area (Å²) >= 11 is 2.82. The monoisotopic (exact) mass is 344 g/mol. The van der Waals surface area contributed by atoms with Crippen LogP contribution in [-0.2, 0) is 0 Å². The molecule has 0 radical (unpaired) electrons. The summed E-state index contributed by atoms with van der Waals surface area (Å²) in [5.41, 5.74) is 5.02. The number of nitrogens with two attached hydrogens (primary N) is 1. The summed E-state index contributed by atoms with van der Waals surface area (Å²) in [5.74, 6) is -3.05. The van der Waals surface area contributed by atoms with Gasteiger partial charge >= 0.3 is 0 Å². The number of benzene rings is 2. The molecule has 0 aromatic heterocycles. The topological polar surface area (TPSA) is 55.1 Å². The van der Waals surface area contributed by atoms with Crippen LogP contribution in [0.15, 0.2) is 34.8 Å². The van der Waals surface area contributed by atoms with Crippen molar-refractivity contribution in [3.63, 3.8) is 0 Å². The van der Waals surface area contributed by atoms with E-state index in [2.05, 4.69) is 21.2 Å². The molecule has 0 atom stereocenters. The van der Waals surface area contributed by atoms with E-state index in [0.29, 0.717) is 0 Å². The number of carbonyl (C=O) groups is 1. The molecule has 2 aromatic rings. The number of hydrogen-bond donors (Lipinski definition) is 2. The van der Waals surface area contributed by atoms with E-state index in [0.717, 1.165) is 24.3 Å². The van der Waals surface area contributed by atoms with Crippen molar-refractivity contribution < 1.29 is 18.0 Å². The summed E-state index contributed by atoms with van der Waals surface area (Å²) < 4.78 is 39.9. The minimum absolute atomic E-state index is 0.0533. The van der Waals surface area contributed by atoms with Crippen molar-refractivity contribution in [1.29, 1.82) is 0 Å². The van der Waals surface area contributed by atoms with Crippen molar-refractivity contribution in [3.05, 3.63) is 57.8 Å². The zero-order chi connectivity index (χ0) is 14.9. The standard InChI is InChI=1S/C13H8BrF3N2O/c14-9-4-11(17)12(5-10(9)16)19-13(20)6-1-7(15)3-8(18)2-6/h1-5H,18H2,(H,19,20). The second kappa shape index (κ2) is 5.54. The second-order valence-corrected chi connectivity index (χ2v) is 4.83. The van der Waals surface area contributed by atoms with Gasteiger partial charge in [-0.1, -0.05) is 0 Å². The normalized spacial score (nSPS) is 10.4. The van der Waals surface area contributed by atoms with Gasteiger partial charge in [-0.25, -0.2) is 13.2 Å². The van der Waals surface area contributed by atoms with E-state index >= 15 is 0 Å². The Hall–Kier alpha value is -2.02. The minimum Gasteiger partial charge on any atom is -0.399 e. The summed E-state index contributed by atoms with van der Waals surface area (Å²) in [6.07, 6.45) is 0. The van der Waals surface area contributed by atoms with E-state index in [1.807, 2.05) is 0 Å². The molecule has 0 aliphatic rings. The van der Waals surface area contributed by atoms with Gasteiger partial charge in [0.2, 0.25) is 0 Å². The fourth-order valence-electron chi connectivity index (χ4n) is 1.56. The maximum atomic E-state index is 13.6. The van der Waals surface area contributed by atoms with Gasteiger partial charge in [0.1, 0.15) is 17.5 Å². The molecule has 1 amide bonds. The van der Waals surface area contributed by atoms with Crippen LogP contribution in [-0.4, -0.2) is 5.91 Å². The lowest BCUT2D eigenvalue weighted by Crippen LogP contribution is -2.14. The van der Waals surface area contributed by atoms with Gasteiger partial charge in [-0.15, -0.1) is 0 Å². The molecule has 20 heavy (non-hydrogen) atoms. The lowest BCUT2D eigenvalue weighted by molar-refractivity contribution is 0.102. The summed E-state index contributed by atoms with van der Waals surface area (Å²) in [6, 6.07) is 4.91.